The molecule has 1 atom stereocenters. The summed E-state index contributed by atoms with van der Waals surface area (Å²) < 4.78 is 4.30. The standard InChI is InChI=1S/C8H12BNO3S/c1-8(2)5(6(11)13-3)10(4-14-8)7(9)12/h5H,4H2,1-3H3. The van der Waals surface area contributed by atoms with Crippen molar-refractivity contribution in [3.05, 3.63) is 0 Å². The van der Waals surface area contributed by atoms with E-state index in [4.69, 9.17) is 7.85 Å². The molecule has 0 bridgehead atoms. The first-order chi connectivity index (χ1) is 6.40. The molecule has 2 radical (unpaired) electrons. The quantitative estimate of drug-likeness (QED) is 0.472. The number of ether oxygens (including phenoxy) is 1. The summed E-state index contributed by atoms with van der Waals surface area (Å²) in [6.07, 6.45) is 0. The number of carbonyl (C=O) groups excluding carboxylic acids is 2. The van der Waals surface area contributed by atoms with Crippen molar-refractivity contribution in [2.75, 3.05) is 13.0 Å². The smallest absolute Gasteiger partial charge is 0.330 e. The van der Waals surface area contributed by atoms with Crippen LogP contribution in [0.1, 0.15) is 13.8 Å². The summed E-state index contributed by atoms with van der Waals surface area (Å²) in [7, 11) is 6.47. The molecule has 0 aliphatic carbocycles. The Hall–Kier alpha value is -0.645. The minimum Gasteiger partial charge on any atom is -0.467 e. The Labute approximate surface area is 88.8 Å². The van der Waals surface area contributed by atoms with Crippen molar-refractivity contribution in [2.24, 2.45) is 0 Å². The van der Waals surface area contributed by atoms with E-state index < -0.39 is 17.8 Å². The van der Waals surface area contributed by atoms with Crippen molar-refractivity contribution in [3.63, 3.8) is 0 Å². The normalized spacial score (nSPS) is 24.8. The average molecular weight is 213 g/mol. The average Bonchev–Trinajstić information content (AvgIpc) is 2.40. The Bertz CT molecular complexity index is 269. The minimum atomic E-state index is -0.588. The van der Waals surface area contributed by atoms with Crippen LogP contribution < -0.4 is 0 Å². The van der Waals surface area contributed by atoms with Crippen molar-refractivity contribution >= 4 is 31.4 Å². The van der Waals surface area contributed by atoms with Crippen LogP contribution in [0.25, 0.3) is 0 Å². The third-order valence-corrected chi connectivity index (χ3v) is 3.63. The van der Waals surface area contributed by atoms with E-state index in [0.717, 1.165) is 0 Å². The van der Waals surface area contributed by atoms with Gasteiger partial charge in [0, 0.05) is 4.75 Å². The Morgan fingerprint density at radius 2 is 2.14 bits per heavy atom. The van der Waals surface area contributed by atoms with Crippen molar-refractivity contribution in [1.29, 1.82) is 0 Å². The van der Waals surface area contributed by atoms with Crippen LogP contribution in [-0.4, -0.2) is 48.3 Å². The first-order valence-corrected chi connectivity index (χ1v) is 5.16. The molecule has 1 heterocycles. The third kappa shape index (κ3) is 1.89. The zero-order valence-electron chi connectivity index (χ0n) is 8.44. The number of hydrogen-bond donors (Lipinski definition) is 0. The van der Waals surface area contributed by atoms with Crippen molar-refractivity contribution in [2.45, 2.75) is 24.6 Å². The van der Waals surface area contributed by atoms with Crippen LogP contribution in [0.4, 0.5) is 4.79 Å². The molecule has 0 saturated carbocycles. The molecule has 1 aliphatic heterocycles. The van der Waals surface area contributed by atoms with Gasteiger partial charge in [0.25, 0.3) is 0 Å². The van der Waals surface area contributed by atoms with Gasteiger partial charge in [-0.25, -0.2) is 4.79 Å². The zero-order chi connectivity index (χ0) is 10.9. The number of esters is 1. The highest BCUT2D eigenvalue weighted by molar-refractivity contribution is 8.00. The van der Waals surface area contributed by atoms with E-state index in [2.05, 4.69) is 4.74 Å². The molecule has 14 heavy (non-hydrogen) atoms. The molecule has 76 valence electrons. The van der Waals surface area contributed by atoms with E-state index in [0.29, 0.717) is 5.88 Å². The highest BCUT2D eigenvalue weighted by Gasteiger charge is 2.47. The number of methoxy groups -OCH3 is 1. The van der Waals surface area contributed by atoms with Gasteiger partial charge in [0.05, 0.1) is 13.0 Å². The molecule has 0 N–H and O–H groups in total. The fourth-order valence-corrected chi connectivity index (χ4v) is 2.61. The highest BCUT2D eigenvalue weighted by Crippen LogP contribution is 2.39. The first kappa shape index (κ1) is 11.4. The van der Waals surface area contributed by atoms with Gasteiger partial charge in [0.15, 0.2) is 5.81 Å². The molecule has 1 aliphatic rings. The van der Waals surface area contributed by atoms with Crippen LogP contribution >= 0.6 is 11.8 Å². The Morgan fingerprint density at radius 1 is 1.57 bits per heavy atom. The second-order valence-electron chi connectivity index (χ2n) is 3.61. The largest absolute Gasteiger partial charge is 0.467 e. The topological polar surface area (TPSA) is 46.6 Å². The second-order valence-corrected chi connectivity index (χ2v) is 5.21. The summed E-state index contributed by atoms with van der Waals surface area (Å²) in [6.45, 7) is 3.78. The summed E-state index contributed by atoms with van der Waals surface area (Å²) in [5.41, 5.74) is 0. The summed E-state index contributed by atoms with van der Waals surface area (Å²) >= 11 is 1.51. The molecule has 0 aromatic heterocycles. The number of amides is 1. The van der Waals surface area contributed by atoms with E-state index in [1.165, 1.54) is 23.8 Å². The van der Waals surface area contributed by atoms with Crippen molar-refractivity contribution in [1.82, 2.24) is 4.90 Å². The molecule has 0 spiro atoms. The Morgan fingerprint density at radius 3 is 2.57 bits per heavy atom. The summed E-state index contributed by atoms with van der Waals surface area (Å²) in [4.78, 5) is 23.8. The molecule has 4 nitrogen and oxygen atoms in total. The number of carbonyl (C=O) groups is 2. The molecule has 1 saturated heterocycles. The predicted octanol–water partition coefficient (Wildman–Crippen LogP) is 0.601. The fraction of sp³-hybridized carbons (Fsp3) is 0.750. The van der Waals surface area contributed by atoms with E-state index in [1.54, 1.807) is 0 Å². The van der Waals surface area contributed by atoms with Gasteiger partial charge in [-0.3, -0.25) is 4.79 Å². The third-order valence-electron chi connectivity index (χ3n) is 2.25. The van der Waals surface area contributed by atoms with Crippen LogP contribution in [0.5, 0.6) is 0 Å². The summed E-state index contributed by atoms with van der Waals surface area (Å²) in [5.74, 6) is -0.570. The van der Waals surface area contributed by atoms with E-state index in [1.807, 2.05) is 13.8 Å². The lowest BCUT2D eigenvalue weighted by Crippen LogP contribution is -2.49. The van der Waals surface area contributed by atoms with Gasteiger partial charge < -0.3 is 9.64 Å². The fourth-order valence-electron chi connectivity index (χ4n) is 1.48. The van der Waals surface area contributed by atoms with Crippen LogP contribution in [0.15, 0.2) is 0 Å². The van der Waals surface area contributed by atoms with Crippen LogP contribution in [0, 0.1) is 0 Å². The maximum atomic E-state index is 11.5. The van der Waals surface area contributed by atoms with Crippen molar-refractivity contribution in [3.8, 4) is 0 Å². The SMILES string of the molecule is [B]C(=O)N1CSC(C)(C)C1C(=O)OC. The zero-order valence-corrected chi connectivity index (χ0v) is 9.26. The van der Waals surface area contributed by atoms with Gasteiger partial charge in [0.2, 0.25) is 7.85 Å². The molecule has 1 amide bonds. The molecule has 0 aromatic carbocycles. The summed E-state index contributed by atoms with van der Waals surface area (Å²) in [6, 6.07) is -0.588. The van der Waals surface area contributed by atoms with Gasteiger partial charge in [0.1, 0.15) is 6.04 Å². The van der Waals surface area contributed by atoms with Gasteiger partial charge in [-0.05, 0) is 13.8 Å². The van der Waals surface area contributed by atoms with Crippen LogP contribution in [0.3, 0.4) is 0 Å². The summed E-state index contributed by atoms with van der Waals surface area (Å²) in [5, 5.41) is 0. The molecular weight excluding hydrogens is 201 g/mol. The minimum absolute atomic E-state index is 0.345. The molecule has 1 unspecified atom stereocenters. The molecule has 1 rings (SSSR count). The second kappa shape index (κ2) is 3.84. The maximum Gasteiger partial charge on any atom is 0.330 e. The van der Waals surface area contributed by atoms with Crippen LogP contribution in [-0.2, 0) is 9.53 Å². The Kier molecular flexibility index (Phi) is 3.14. The Balaban J connectivity index is 2.92. The lowest BCUT2D eigenvalue weighted by Gasteiger charge is -2.28. The van der Waals surface area contributed by atoms with Crippen LogP contribution in [0.2, 0.25) is 0 Å². The molecule has 6 heteroatoms. The van der Waals surface area contributed by atoms with Gasteiger partial charge in [-0.1, -0.05) is 0 Å². The van der Waals surface area contributed by atoms with Crippen molar-refractivity contribution < 1.29 is 14.3 Å². The number of thioether (sulfide) groups is 1. The molecule has 1 fully saturated rings. The lowest BCUT2D eigenvalue weighted by atomic mass is 9.99. The predicted molar refractivity (Wildman–Crippen MR) is 55.3 cm³/mol. The lowest BCUT2D eigenvalue weighted by molar-refractivity contribution is -0.145. The van der Waals surface area contributed by atoms with E-state index >= 15 is 0 Å². The first-order valence-electron chi connectivity index (χ1n) is 4.18. The number of nitrogens with zero attached hydrogens (tertiary/aromatic N) is 1. The van der Waals surface area contributed by atoms with Gasteiger partial charge in [-0.15, -0.1) is 11.8 Å². The highest BCUT2D eigenvalue weighted by atomic mass is 32.2. The number of rotatable bonds is 1. The maximum absolute atomic E-state index is 11.5. The molecule has 0 aromatic rings. The van der Waals surface area contributed by atoms with E-state index in [9.17, 15) is 9.59 Å². The van der Waals surface area contributed by atoms with Gasteiger partial charge in [-0.2, -0.15) is 0 Å². The van der Waals surface area contributed by atoms with Gasteiger partial charge >= 0.3 is 5.97 Å². The molecular formula is C8H12BNO3S. The monoisotopic (exact) mass is 213 g/mol. The van der Waals surface area contributed by atoms with E-state index in [-0.39, 0.29) is 4.75 Å². The number of hydrogen-bond acceptors (Lipinski definition) is 4.